The third kappa shape index (κ3) is 1.75. The van der Waals surface area contributed by atoms with E-state index in [4.69, 9.17) is 11.5 Å². The van der Waals surface area contributed by atoms with Crippen molar-refractivity contribution in [2.45, 2.75) is 6.54 Å². The van der Waals surface area contributed by atoms with Crippen LogP contribution >= 0.6 is 0 Å². The smallest absolute Gasteiger partial charge is 0.290 e. The Morgan fingerprint density at radius 1 is 1.42 bits per heavy atom. The van der Waals surface area contributed by atoms with Gasteiger partial charge >= 0.3 is 0 Å². The predicted molar refractivity (Wildman–Crippen MR) is 35.5 cm³/mol. The van der Waals surface area contributed by atoms with Crippen LogP contribution < -0.4 is 11.5 Å². The molecule has 0 aromatic carbocycles. The number of amides is 2. The zero-order chi connectivity index (χ0) is 9.14. The molecule has 0 radical (unpaired) electrons. The fourth-order valence-electron chi connectivity index (χ4n) is 0.548. The summed E-state index contributed by atoms with van der Waals surface area (Å²) in [6.45, 7) is -0.222. The Bertz CT molecular complexity index is 317. The van der Waals surface area contributed by atoms with E-state index in [9.17, 15) is 9.59 Å². The first-order valence-corrected chi connectivity index (χ1v) is 2.95. The van der Waals surface area contributed by atoms with Crippen LogP contribution in [0.4, 0.5) is 0 Å². The second-order valence-corrected chi connectivity index (χ2v) is 1.97. The zero-order valence-corrected chi connectivity index (χ0v) is 5.97. The van der Waals surface area contributed by atoms with Crippen LogP contribution in [0.15, 0.2) is 0 Å². The van der Waals surface area contributed by atoms with Crippen molar-refractivity contribution in [3.8, 4) is 0 Å². The summed E-state index contributed by atoms with van der Waals surface area (Å²) in [5.41, 5.74) is 9.65. The van der Waals surface area contributed by atoms with Crippen molar-refractivity contribution < 1.29 is 9.59 Å². The number of rotatable bonds is 3. The number of tetrazole rings is 1. The van der Waals surface area contributed by atoms with Gasteiger partial charge in [0.25, 0.3) is 11.7 Å². The van der Waals surface area contributed by atoms with Gasteiger partial charge in [0.1, 0.15) is 6.54 Å². The number of carbonyl (C=O) groups is 2. The molecule has 8 heteroatoms. The van der Waals surface area contributed by atoms with Crippen LogP contribution in [0.1, 0.15) is 10.6 Å². The van der Waals surface area contributed by atoms with Gasteiger partial charge in [-0.25, -0.2) is 0 Å². The highest BCUT2D eigenvalue weighted by Crippen LogP contribution is 1.83. The lowest BCUT2D eigenvalue weighted by atomic mass is 10.6. The molecule has 0 aliphatic rings. The topological polar surface area (TPSA) is 130 Å². The van der Waals surface area contributed by atoms with Crippen molar-refractivity contribution in [1.29, 1.82) is 0 Å². The van der Waals surface area contributed by atoms with E-state index in [1.807, 2.05) is 0 Å². The molecule has 0 atom stereocenters. The number of nitrogens with two attached hydrogens (primary N) is 2. The minimum atomic E-state index is -0.800. The number of aromatic nitrogens is 4. The first-order valence-electron chi connectivity index (χ1n) is 2.95. The first kappa shape index (κ1) is 8.11. The minimum absolute atomic E-state index is 0.222. The van der Waals surface area contributed by atoms with Crippen LogP contribution in [0.25, 0.3) is 0 Å². The van der Waals surface area contributed by atoms with Gasteiger partial charge in [-0.2, -0.15) is 4.80 Å². The van der Waals surface area contributed by atoms with E-state index in [0.717, 1.165) is 4.80 Å². The van der Waals surface area contributed by atoms with Gasteiger partial charge in [-0.3, -0.25) is 9.59 Å². The lowest BCUT2D eigenvalue weighted by molar-refractivity contribution is -0.118. The summed E-state index contributed by atoms with van der Waals surface area (Å²) in [5, 5.41) is 10.1. The zero-order valence-electron chi connectivity index (χ0n) is 5.97. The summed E-state index contributed by atoms with van der Waals surface area (Å²) < 4.78 is 0. The molecule has 0 aliphatic heterocycles. The fourth-order valence-corrected chi connectivity index (χ4v) is 0.548. The Kier molecular flexibility index (Phi) is 1.99. The highest BCUT2D eigenvalue weighted by atomic mass is 16.2. The highest BCUT2D eigenvalue weighted by molar-refractivity contribution is 5.88. The number of carbonyl (C=O) groups excluding carboxylic acids is 2. The van der Waals surface area contributed by atoms with Gasteiger partial charge in [0, 0.05) is 0 Å². The quantitative estimate of drug-likeness (QED) is 0.508. The summed E-state index contributed by atoms with van der Waals surface area (Å²) in [6, 6.07) is 0. The highest BCUT2D eigenvalue weighted by Gasteiger charge is 2.08. The monoisotopic (exact) mass is 170 g/mol. The Morgan fingerprint density at radius 2 is 2.08 bits per heavy atom. The SMILES string of the molecule is NC(=O)Cn1nnc(C(N)=O)n1. The van der Waals surface area contributed by atoms with Crippen molar-refractivity contribution in [2.75, 3.05) is 0 Å². The van der Waals surface area contributed by atoms with Gasteiger partial charge in [0.15, 0.2) is 0 Å². The van der Waals surface area contributed by atoms with Crippen molar-refractivity contribution in [3.63, 3.8) is 0 Å². The number of nitrogens with zero attached hydrogens (tertiary/aromatic N) is 4. The maximum Gasteiger partial charge on any atom is 0.290 e. The van der Waals surface area contributed by atoms with E-state index < -0.39 is 11.8 Å². The third-order valence-electron chi connectivity index (χ3n) is 0.970. The van der Waals surface area contributed by atoms with Crippen molar-refractivity contribution in [1.82, 2.24) is 20.2 Å². The molecular weight excluding hydrogens is 164 g/mol. The first-order chi connectivity index (χ1) is 5.59. The molecule has 0 saturated carbocycles. The molecule has 1 aromatic rings. The standard InChI is InChI=1S/C4H6N6O2/c5-2(11)1-10-8-4(3(6)12)7-9-10/h1H2,(H2,5,11)(H2,6,12). The summed E-state index contributed by atoms with van der Waals surface area (Å²) in [4.78, 5) is 21.6. The normalized spacial score (nSPS) is 9.67. The van der Waals surface area contributed by atoms with E-state index in [2.05, 4.69) is 15.4 Å². The van der Waals surface area contributed by atoms with Crippen molar-refractivity contribution >= 4 is 11.8 Å². The van der Waals surface area contributed by atoms with Gasteiger partial charge in [0.05, 0.1) is 0 Å². The largest absolute Gasteiger partial charge is 0.368 e. The van der Waals surface area contributed by atoms with Gasteiger partial charge in [-0.1, -0.05) is 0 Å². The van der Waals surface area contributed by atoms with E-state index >= 15 is 0 Å². The Morgan fingerprint density at radius 3 is 2.50 bits per heavy atom. The molecule has 0 bridgehead atoms. The fraction of sp³-hybridized carbons (Fsp3) is 0.250. The molecule has 1 heterocycles. The van der Waals surface area contributed by atoms with Crippen LogP contribution in [-0.2, 0) is 11.3 Å². The minimum Gasteiger partial charge on any atom is -0.368 e. The average Bonchev–Trinajstić information content (AvgIpc) is 2.34. The molecule has 0 saturated heterocycles. The molecule has 12 heavy (non-hydrogen) atoms. The molecular formula is C4H6N6O2. The Hall–Kier alpha value is -1.99. The van der Waals surface area contributed by atoms with Crippen molar-refractivity contribution in [3.05, 3.63) is 5.82 Å². The number of hydrogen-bond donors (Lipinski definition) is 2. The van der Waals surface area contributed by atoms with E-state index in [1.165, 1.54) is 0 Å². The molecule has 4 N–H and O–H groups in total. The van der Waals surface area contributed by atoms with Crippen molar-refractivity contribution in [2.24, 2.45) is 11.5 Å². The summed E-state index contributed by atoms with van der Waals surface area (Å²) >= 11 is 0. The van der Waals surface area contributed by atoms with Crippen LogP contribution in [0, 0.1) is 0 Å². The second kappa shape index (κ2) is 2.95. The van der Waals surface area contributed by atoms with Crippen LogP contribution in [0.5, 0.6) is 0 Å². The maximum atomic E-state index is 10.4. The molecule has 0 unspecified atom stereocenters. The average molecular weight is 170 g/mol. The maximum absolute atomic E-state index is 10.4. The molecule has 1 aromatic heterocycles. The summed E-state index contributed by atoms with van der Waals surface area (Å²) in [7, 11) is 0. The molecule has 0 aliphatic carbocycles. The van der Waals surface area contributed by atoms with Crippen LogP contribution in [-0.4, -0.2) is 32.0 Å². The van der Waals surface area contributed by atoms with Crippen LogP contribution in [0.3, 0.4) is 0 Å². The number of hydrogen-bond acceptors (Lipinski definition) is 5. The van der Waals surface area contributed by atoms with Gasteiger partial charge in [-0.05, 0) is 5.21 Å². The van der Waals surface area contributed by atoms with E-state index in [0.29, 0.717) is 0 Å². The molecule has 8 nitrogen and oxygen atoms in total. The molecule has 0 fully saturated rings. The molecule has 2 amide bonds. The summed E-state index contributed by atoms with van der Waals surface area (Å²) in [5.74, 6) is -1.66. The molecule has 64 valence electrons. The van der Waals surface area contributed by atoms with Gasteiger partial charge in [-0.15, -0.1) is 10.2 Å². The lowest BCUT2D eigenvalue weighted by Gasteiger charge is -1.89. The van der Waals surface area contributed by atoms with Gasteiger partial charge < -0.3 is 11.5 Å². The lowest BCUT2D eigenvalue weighted by Crippen LogP contribution is -2.21. The van der Waals surface area contributed by atoms with E-state index in [-0.39, 0.29) is 12.4 Å². The summed E-state index contributed by atoms with van der Waals surface area (Å²) in [6.07, 6.45) is 0. The Balaban J connectivity index is 2.77. The molecule has 1 rings (SSSR count). The van der Waals surface area contributed by atoms with E-state index in [1.54, 1.807) is 0 Å². The van der Waals surface area contributed by atoms with Gasteiger partial charge in [0.2, 0.25) is 5.91 Å². The third-order valence-corrected chi connectivity index (χ3v) is 0.970. The molecule has 0 spiro atoms. The number of primary amides is 2. The predicted octanol–water partition coefficient (Wildman–Crippen LogP) is -2.74. The Labute approximate surface area is 66.5 Å². The second-order valence-electron chi connectivity index (χ2n) is 1.97. The van der Waals surface area contributed by atoms with Crippen LogP contribution in [0.2, 0.25) is 0 Å².